The molecule has 6 heteroatoms. The van der Waals surface area contributed by atoms with Crippen LogP contribution in [-0.4, -0.2) is 40.6 Å². The topological polar surface area (TPSA) is 36.9 Å². The molecule has 224 valence electrons. The predicted octanol–water partition coefficient (Wildman–Crippen LogP) is 9.52. The molecule has 0 unspecified atom stereocenters. The van der Waals surface area contributed by atoms with Gasteiger partial charge in [0.25, 0.3) is 0 Å². The minimum atomic E-state index is -0.0137. The van der Waals surface area contributed by atoms with E-state index in [1.54, 1.807) is 14.2 Å². The van der Waals surface area contributed by atoms with Crippen molar-refractivity contribution < 1.29 is 18.9 Å². The fourth-order valence-corrected chi connectivity index (χ4v) is 8.12. The molecule has 2 aliphatic heterocycles. The van der Waals surface area contributed by atoms with Crippen LogP contribution in [0.4, 0.5) is 0 Å². The van der Waals surface area contributed by atoms with Crippen molar-refractivity contribution in [1.29, 1.82) is 0 Å². The highest BCUT2D eigenvalue weighted by Crippen LogP contribution is 2.52. The molecule has 0 radical (unpaired) electrons. The molecule has 5 rings (SSSR count). The maximum absolute atomic E-state index is 6.21. The molecule has 0 saturated heterocycles. The lowest BCUT2D eigenvalue weighted by Gasteiger charge is -2.48. The van der Waals surface area contributed by atoms with E-state index in [1.165, 1.54) is 41.9 Å². The van der Waals surface area contributed by atoms with E-state index in [9.17, 15) is 0 Å². The summed E-state index contributed by atoms with van der Waals surface area (Å²) in [7, 11) is 7.09. The highest BCUT2D eigenvalue weighted by Gasteiger charge is 2.49. The summed E-state index contributed by atoms with van der Waals surface area (Å²) in [5.74, 6) is 1.93. The van der Waals surface area contributed by atoms with E-state index in [0.29, 0.717) is 0 Å². The summed E-state index contributed by atoms with van der Waals surface area (Å²) in [5.41, 5.74) is 4.88. The summed E-state index contributed by atoms with van der Waals surface area (Å²) in [5, 5.41) is 0. The molecule has 0 amide bonds. The summed E-state index contributed by atoms with van der Waals surface area (Å²) in [6.45, 7) is 13.6. The van der Waals surface area contributed by atoms with Crippen molar-refractivity contribution in [2.24, 2.45) is 22.7 Å². The van der Waals surface area contributed by atoms with Gasteiger partial charge in [-0.1, -0.05) is 77.2 Å². The largest absolute Gasteiger partial charge is 0.497 e. The summed E-state index contributed by atoms with van der Waals surface area (Å²) >= 11 is 3.70. The van der Waals surface area contributed by atoms with Gasteiger partial charge < -0.3 is 18.9 Å². The molecule has 1 saturated carbocycles. The van der Waals surface area contributed by atoms with Crippen molar-refractivity contribution in [3.8, 4) is 11.5 Å². The van der Waals surface area contributed by atoms with Crippen LogP contribution in [0.2, 0.25) is 0 Å². The number of allylic oxidation sites excluding steroid dienone is 6. The molecule has 0 aromatic heterocycles. The van der Waals surface area contributed by atoms with Crippen molar-refractivity contribution in [2.45, 2.75) is 63.5 Å². The van der Waals surface area contributed by atoms with Crippen LogP contribution < -0.4 is 9.47 Å². The second-order valence-corrected chi connectivity index (χ2v) is 15.4. The van der Waals surface area contributed by atoms with Gasteiger partial charge in [-0.3, -0.25) is 0 Å². The summed E-state index contributed by atoms with van der Waals surface area (Å²) in [6.07, 6.45) is 9.39. The van der Waals surface area contributed by atoms with E-state index in [1.807, 2.05) is 49.9 Å². The summed E-state index contributed by atoms with van der Waals surface area (Å²) < 4.78 is 23.6. The van der Waals surface area contributed by atoms with E-state index in [4.69, 9.17) is 18.9 Å². The van der Waals surface area contributed by atoms with Gasteiger partial charge in [-0.15, -0.1) is 0 Å². The Morgan fingerprint density at radius 2 is 0.976 bits per heavy atom. The second kappa shape index (κ2) is 12.0. The van der Waals surface area contributed by atoms with Gasteiger partial charge in [-0.25, -0.2) is 0 Å². The van der Waals surface area contributed by atoms with Crippen molar-refractivity contribution >= 4 is 34.7 Å². The Morgan fingerprint density at radius 1 is 0.595 bits per heavy atom. The third-order valence-corrected chi connectivity index (χ3v) is 11.3. The fraction of sp³-hybridized carbons (Fsp3) is 0.444. The van der Waals surface area contributed by atoms with Crippen molar-refractivity contribution in [3.05, 3.63) is 81.6 Å². The van der Waals surface area contributed by atoms with E-state index < -0.39 is 0 Å². The zero-order valence-corrected chi connectivity index (χ0v) is 28.2. The number of fused-ring (bicyclic) bond motifs is 2. The molecule has 2 heterocycles. The molecule has 4 nitrogen and oxygen atoms in total. The van der Waals surface area contributed by atoms with E-state index in [0.717, 1.165) is 11.5 Å². The lowest BCUT2D eigenvalue weighted by molar-refractivity contribution is -0.143. The van der Waals surface area contributed by atoms with Crippen LogP contribution >= 0.6 is 23.5 Å². The molecular weight excluding hydrogens is 561 g/mol. The van der Waals surface area contributed by atoms with Crippen LogP contribution in [0.3, 0.4) is 0 Å². The van der Waals surface area contributed by atoms with E-state index in [2.05, 4.69) is 90.1 Å². The number of hydrogen-bond donors (Lipinski definition) is 0. The molecule has 1 fully saturated rings. The molecule has 2 aromatic rings. The van der Waals surface area contributed by atoms with Gasteiger partial charge >= 0.3 is 0 Å². The van der Waals surface area contributed by atoms with Gasteiger partial charge in [0.2, 0.25) is 0 Å². The molecular formula is C36H44O4S2. The van der Waals surface area contributed by atoms with Gasteiger partial charge in [-0.2, -0.15) is 0 Å². The number of rotatable bonds is 6. The highest BCUT2D eigenvalue weighted by atomic mass is 32.2. The monoisotopic (exact) mass is 604 g/mol. The number of thioether (sulfide) groups is 2. The van der Waals surface area contributed by atoms with E-state index in [-0.39, 0.29) is 34.9 Å². The minimum absolute atomic E-state index is 0.0137. The van der Waals surface area contributed by atoms with Crippen LogP contribution in [-0.2, 0) is 9.47 Å². The van der Waals surface area contributed by atoms with Crippen LogP contribution in [0, 0.1) is 22.7 Å². The zero-order chi connectivity index (χ0) is 30.4. The van der Waals surface area contributed by atoms with Crippen LogP contribution in [0.15, 0.2) is 80.3 Å². The fourth-order valence-electron chi connectivity index (χ4n) is 5.81. The van der Waals surface area contributed by atoms with Gasteiger partial charge in [0.05, 0.1) is 26.4 Å². The molecule has 1 aliphatic carbocycles. The molecule has 0 atom stereocenters. The number of benzene rings is 2. The normalized spacial score (nSPS) is 25.8. The Balaban J connectivity index is 1.57. The number of hydrogen-bond acceptors (Lipinski definition) is 6. The third-order valence-electron chi connectivity index (χ3n) is 8.29. The van der Waals surface area contributed by atoms with Gasteiger partial charge in [-0.05, 0) is 91.5 Å². The zero-order valence-electron chi connectivity index (χ0n) is 26.5. The molecule has 42 heavy (non-hydrogen) atoms. The Morgan fingerprint density at radius 3 is 1.29 bits per heavy atom. The quantitative estimate of drug-likeness (QED) is 0.327. The van der Waals surface area contributed by atoms with Crippen LogP contribution in [0.5, 0.6) is 11.5 Å². The Labute approximate surface area is 260 Å². The first-order valence-corrected chi connectivity index (χ1v) is 16.2. The lowest BCUT2D eigenvalue weighted by atomic mass is 9.66. The lowest BCUT2D eigenvalue weighted by Crippen LogP contribution is -2.55. The highest BCUT2D eigenvalue weighted by molar-refractivity contribution is 8.03. The summed E-state index contributed by atoms with van der Waals surface area (Å²) in [6, 6.07) is 12.7. The Bertz CT molecular complexity index is 1350. The van der Waals surface area contributed by atoms with E-state index >= 15 is 0 Å². The molecule has 0 bridgehead atoms. The van der Waals surface area contributed by atoms with Crippen molar-refractivity contribution in [2.75, 3.05) is 28.4 Å². The average Bonchev–Trinajstić information content (AvgIpc) is 2.95. The smallest absolute Gasteiger partial charge is 0.119 e. The Kier molecular flexibility index (Phi) is 8.84. The van der Waals surface area contributed by atoms with Crippen molar-refractivity contribution in [1.82, 2.24) is 0 Å². The third kappa shape index (κ3) is 6.01. The van der Waals surface area contributed by atoms with Gasteiger partial charge in [0.1, 0.15) is 11.5 Å². The average molecular weight is 605 g/mol. The van der Waals surface area contributed by atoms with Gasteiger partial charge in [0, 0.05) is 35.8 Å². The SMILES string of the molecule is COc1ccc2c(c1)/C(=C/C1C(OC)C(/C=C3\C=C(C(C)(C)C)Sc4ccc(OC)cc43)C1OC)C=C(C(C)(C)C)S2. The number of methoxy groups -OCH3 is 4. The van der Waals surface area contributed by atoms with Crippen LogP contribution in [0.25, 0.3) is 11.1 Å². The minimum Gasteiger partial charge on any atom is -0.497 e. The van der Waals surface area contributed by atoms with Gasteiger partial charge in [0.15, 0.2) is 0 Å². The molecule has 0 spiro atoms. The summed E-state index contributed by atoms with van der Waals surface area (Å²) in [4.78, 5) is 5.19. The Hall–Kier alpha value is -2.38. The molecule has 0 N–H and O–H groups in total. The first-order valence-electron chi connectivity index (χ1n) is 14.5. The van der Waals surface area contributed by atoms with Crippen molar-refractivity contribution in [3.63, 3.8) is 0 Å². The first-order chi connectivity index (χ1) is 19.9. The maximum atomic E-state index is 6.21. The maximum Gasteiger partial charge on any atom is 0.119 e. The first kappa shape index (κ1) is 31.1. The second-order valence-electron chi connectivity index (χ2n) is 13.2. The number of ether oxygens (including phenoxy) is 4. The standard InChI is InChI=1S/C36H44O4S2/c1-35(2,3)31-17-21(25-19-23(37-7)11-13-29(25)41-31)15-27-33(39-9)28(34(27)40-10)16-22-18-32(36(4,5)6)42-30-14-12-24(38-8)20-26(22)30/h11-20,27-28,33-34H,1-10H3/b21-15+,22-16+. The van der Waals surface area contributed by atoms with Crippen LogP contribution in [0.1, 0.15) is 52.7 Å². The predicted molar refractivity (Wildman–Crippen MR) is 177 cm³/mol. The molecule has 3 aliphatic rings. The molecule has 2 aromatic carbocycles.